The Morgan fingerprint density at radius 1 is 1.34 bits per heavy atom. The zero-order valence-corrected chi connectivity index (χ0v) is 19.6. The summed E-state index contributed by atoms with van der Waals surface area (Å²) < 4.78 is 25.2. The number of hydrogen-bond acceptors (Lipinski definition) is 6. The highest BCUT2D eigenvalue weighted by Gasteiger charge is 2.41. The van der Waals surface area contributed by atoms with Crippen LogP contribution in [0.2, 0.25) is 0 Å². The Balaban J connectivity index is 1.11. The van der Waals surface area contributed by atoms with Crippen molar-refractivity contribution in [2.45, 2.75) is 62.4 Å². The van der Waals surface area contributed by atoms with E-state index in [0.717, 1.165) is 12.8 Å². The summed E-state index contributed by atoms with van der Waals surface area (Å²) in [5, 5.41) is 23.5. The molecular formula is C24H30FN5O5. The van der Waals surface area contributed by atoms with E-state index in [2.05, 4.69) is 20.8 Å². The number of aromatic nitrogens is 2. The third-order valence-corrected chi connectivity index (χ3v) is 6.91. The molecule has 0 bridgehead atoms. The molecule has 1 saturated carbocycles. The van der Waals surface area contributed by atoms with E-state index in [1.54, 1.807) is 24.3 Å². The summed E-state index contributed by atoms with van der Waals surface area (Å²) in [7, 11) is 0. The summed E-state index contributed by atoms with van der Waals surface area (Å²) in [5.74, 6) is -0.0469. The Morgan fingerprint density at radius 3 is 2.91 bits per heavy atom. The Morgan fingerprint density at radius 2 is 2.14 bits per heavy atom. The maximum absolute atomic E-state index is 14.0. The van der Waals surface area contributed by atoms with Crippen molar-refractivity contribution in [3.8, 4) is 0 Å². The van der Waals surface area contributed by atoms with Gasteiger partial charge in [0.2, 0.25) is 0 Å². The van der Waals surface area contributed by atoms with E-state index in [-0.39, 0.29) is 43.1 Å². The van der Waals surface area contributed by atoms with Crippen LogP contribution < -0.4 is 10.6 Å². The first-order valence-electron chi connectivity index (χ1n) is 11.9. The largest absolute Gasteiger partial charge is 0.444 e. The van der Waals surface area contributed by atoms with Crippen LogP contribution in [-0.4, -0.2) is 69.3 Å². The fourth-order valence-corrected chi connectivity index (χ4v) is 4.56. The summed E-state index contributed by atoms with van der Waals surface area (Å²) >= 11 is 0. The maximum Gasteiger partial charge on any atom is 0.407 e. The van der Waals surface area contributed by atoms with Crippen LogP contribution in [0, 0.1) is 5.82 Å². The highest BCUT2D eigenvalue weighted by atomic mass is 19.1. The number of β-amino-alcohol motifs (C(OH)–C–C–N with tert-alkyl or cyclic N) is 1. The molecule has 1 aromatic heterocycles. The van der Waals surface area contributed by atoms with Crippen molar-refractivity contribution in [3.05, 3.63) is 47.4 Å². The van der Waals surface area contributed by atoms with Crippen LogP contribution in [0.5, 0.6) is 0 Å². The van der Waals surface area contributed by atoms with Crippen LogP contribution in [0.25, 0.3) is 0 Å². The lowest BCUT2D eigenvalue weighted by Crippen LogP contribution is -2.39. The molecule has 11 heteroatoms. The summed E-state index contributed by atoms with van der Waals surface area (Å²) in [4.78, 5) is 26.2. The number of urea groups is 1. The van der Waals surface area contributed by atoms with E-state index >= 15 is 0 Å². The van der Waals surface area contributed by atoms with Crippen molar-refractivity contribution >= 4 is 17.9 Å². The number of aromatic amines is 1. The average Bonchev–Trinajstić information content (AvgIpc) is 3.21. The van der Waals surface area contributed by atoms with E-state index < -0.39 is 17.7 Å². The highest BCUT2D eigenvalue weighted by molar-refractivity contribution is 5.88. The fourth-order valence-electron chi connectivity index (χ4n) is 4.56. The van der Waals surface area contributed by atoms with Gasteiger partial charge in [-0.15, -0.1) is 0 Å². The van der Waals surface area contributed by atoms with Crippen molar-refractivity contribution in [1.29, 1.82) is 0 Å². The highest BCUT2D eigenvalue weighted by Crippen LogP contribution is 2.35. The summed E-state index contributed by atoms with van der Waals surface area (Å²) in [6, 6.07) is 7.61. The molecule has 0 spiro atoms. The van der Waals surface area contributed by atoms with Gasteiger partial charge in [0.15, 0.2) is 5.82 Å². The number of rotatable bonds is 6. The minimum atomic E-state index is -1.19. The number of H-pyrrole nitrogens is 1. The van der Waals surface area contributed by atoms with Gasteiger partial charge in [0.05, 0.1) is 24.4 Å². The van der Waals surface area contributed by atoms with Crippen LogP contribution in [-0.2, 0) is 15.9 Å². The van der Waals surface area contributed by atoms with Crippen LogP contribution in [0.1, 0.15) is 50.0 Å². The number of ether oxygens (including phenoxy) is 2. The molecule has 3 amide bonds. The minimum absolute atomic E-state index is 0.0936. The van der Waals surface area contributed by atoms with Gasteiger partial charge in [0.1, 0.15) is 18.0 Å². The second-order valence-corrected chi connectivity index (χ2v) is 10.1. The lowest BCUT2D eigenvalue weighted by Gasteiger charge is -2.23. The zero-order valence-electron chi connectivity index (χ0n) is 19.6. The molecule has 2 saturated heterocycles. The number of aliphatic hydroxyl groups is 1. The lowest BCUT2D eigenvalue weighted by atomic mass is 9.93. The number of nitrogens with one attached hydrogen (secondary N) is 3. The van der Waals surface area contributed by atoms with Crippen molar-refractivity contribution in [2.24, 2.45) is 0 Å². The number of halogens is 1. The fraction of sp³-hybridized carbons (Fsp3) is 0.542. The van der Waals surface area contributed by atoms with Crippen LogP contribution in [0.15, 0.2) is 30.3 Å². The molecule has 3 atom stereocenters. The van der Waals surface area contributed by atoms with Gasteiger partial charge < -0.3 is 24.8 Å². The van der Waals surface area contributed by atoms with Crippen molar-refractivity contribution in [2.75, 3.05) is 25.0 Å². The Labute approximate surface area is 202 Å². The number of benzene rings is 1. The number of carbonyl (C=O) groups is 2. The second-order valence-electron chi connectivity index (χ2n) is 10.1. The Bertz CT molecular complexity index is 1110. The van der Waals surface area contributed by atoms with E-state index in [0.29, 0.717) is 36.5 Å². The molecule has 0 radical (unpaired) electrons. The standard InChI is InChI=1S/C24H30FN5O5/c1-23(6-7-23)27-22(32)35-16-10-19(34-13-16)18-11-20(29-28-18)26-21(31)30-9-8-24(33,14-30)12-15-4-2-3-5-17(15)25/h2-5,11,16,19,33H,6-10,12-14H2,1H3,(H,27,32)(H2,26,28,29,31)/t16-,19-,24-/m0/s1. The van der Waals surface area contributed by atoms with Crippen LogP contribution >= 0.6 is 0 Å². The van der Waals surface area contributed by atoms with E-state index in [1.165, 1.54) is 11.0 Å². The van der Waals surface area contributed by atoms with Crippen molar-refractivity contribution < 1.29 is 28.6 Å². The number of alkyl carbamates (subject to hydrolysis) is 1. The molecule has 1 aliphatic carbocycles. The normalized spacial score (nSPS) is 27.0. The monoisotopic (exact) mass is 487 g/mol. The minimum Gasteiger partial charge on any atom is -0.444 e. The second kappa shape index (κ2) is 9.12. The summed E-state index contributed by atoms with van der Waals surface area (Å²) in [5.41, 5.74) is -0.243. The predicted molar refractivity (Wildman–Crippen MR) is 123 cm³/mol. The number of carbonyl (C=O) groups excluding carboxylic acids is 2. The van der Waals surface area contributed by atoms with Gasteiger partial charge in [-0.25, -0.2) is 14.0 Å². The number of hydrogen-bond donors (Lipinski definition) is 4. The Kier molecular flexibility index (Phi) is 6.14. The predicted octanol–water partition coefficient (Wildman–Crippen LogP) is 2.87. The molecule has 188 valence electrons. The molecular weight excluding hydrogens is 457 g/mol. The molecule has 3 heterocycles. The number of likely N-dealkylation sites (tertiary alicyclic amines) is 1. The molecule has 3 aliphatic rings. The van der Waals surface area contributed by atoms with Gasteiger partial charge >= 0.3 is 12.1 Å². The Hall–Kier alpha value is -3.18. The first-order valence-corrected chi connectivity index (χ1v) is 11.9. The average molecular weight is 488 g/mol. The van der Waals surface area contributed by atoms with E-state index in [1.807, 2.05) is 6.92 Å². The summed E-state index contributed by atoms with van der Waals surface area (Å²) in [6.07, 6.45) is 1.75. The topological polar surface area (TPSA) is 129 Å². The van der Waals surface area contributed by atoms with Gasteiger partial charge in [0.25, 0.3) is 0 Å². The lowest BCUT2D eigenvalue weighted by molar-refractivity contribution is 0.0525. The van der Waals surface area contributed by atoms with E-state index in [4.69, 9.17) is 9.47 Å². The SMILES string of the molecule is CC1(NC(=O)O[C@@H]2CO[C@H](c3cc(NC(=O)N4CC[C@](O)(Cc5ccccc5F)C4)n[nH]3)C2)CC1. The van der Waals surface area contributed by atoms with E-state index in [9.17, 15) is 19.1 Å². The molecule has 0 unspecified atom stereocenters. The number of nitrogens with zero attached hydrogens (tertiary/aromatic N) is 2. The molecule has 1 aromatic carbocycles. The number of anilines is 1. The molecule has 3 fully saturated rings. The molecule has 2 aromatic rings. The molecule has 10 nitrogen and oxygen atoms in total. The number of amides is 3. The zero-order chi connectivity index (χ0) is 24.6. The van der Waals surface area contributed by atoms with Gasteiger partial charge in [-0.3, -0.25) is 10.4 Å². The van der Waals surface area contributed by atoms with Gasteiger partial charge in [0, 0.05) is 31.0 Å². The van der Waals surface area contributed by atoms with Crippen LogP contribution in [0.3, 0.4) is 0 Å². The smallest absolute Gasteiger partial charge is 0.407 e. The van der Waals surface area contributed by atoms with Crippen molar-refractivity contribution in [3.63, 3.8) is 0 Å². The van der Waals surface area contributed by atoms with Crippen LogP contribution in [0.4, 0.5) is 19.8 Å². The van der Waals surface area contributed by atoms with Gasteiger partial charge in [-0.1, -0.05) is 18.2 Å². The van der Waals surface area contributed by atoms with Crippen molar-refractivity contribution in [1.82, 2.24) is 20.4 Å². The quantitative estimate of drug-likeness (QED) is 0.496. The third-order valence-electron chi connectivity index (χ3n) is 6.91. The summed E-state index contributed by atoms with van der Waals surface area (Å²) in [6.45, 7) is 2.70. The molecule has 4 N–H and O–H groups in total. The molecule has 2 aliphatic heterocycles. The maximum atomic E-state index is 14.0. The molecule has 5 rings (SSSR count). The first kappa shape index (κ1) is 23.6. The first-order chi connectivity index (χ1) is 16.7. The van der Waals surface area contributed by atoms with Gasteiger partial charge in [-0.05, 0) is 37.8 Å². The third kappa shape index (κ3) is 5.57. The van der Waals surface area contributed by atoms with Gasteiger partial charge in [-0.2, -0.15) is 5.10 Å². The molecule has 35 heavy (non-hydrogen) atoms.